The average molecular weight is 381 g/mol. The second-order valence-electron chi connectivity index (χ2n) is 6.56. The predicted octanol–water partition coefficient (Wildman–Crippen LogP) is 2.40. The number of aryl methyl sites for hydroxylation is 2. The van der Waals surface area contributed by atoms with Gasteiger partial charge in [0.05, 0.1) is 4.88 Å². The first-order valence-electron chi connectivity index (χ1n) is 9.22. The number of urea groups is 1. The minimum Gasteiger partial charge on any atom is -0.338 e. The van der Waals surface area contributed by atoms with Crippen LogP contribution in [0.25, 0.3) is 0 Å². The molecule has 1 aliphatic carbocycles. The van der Waals surface area contributed by atoms with Gasteiger partial charge < -0.3 is 10.6 Å². The number of amides is 4. The minimum atomic E-state index is -0.347. The summed E-state index contributed by atoms with van der Waals surface area (Å²) in [6, 6.07) is 1.82. The average Bonchev–Trinajstić information content (AvgIpc) is 3.01. The third-order valence-electron chi connectivity index (χ3n) is 4.46. The number of carbonyl (C=O) groups is 3. The predicted molar refractivity (Wildman–Crippen MR) is 102 cm³/mol. The zero-order chi connectivity index (χ0) is 18.9. The zero-order valence-electron chi connectivity index (χ0n) is 15.4. The van der Waals surface area contributed by atoms with Gasteiger partial charge >= 0.3 is 6.03 Å². The highest BCUT2D eigenvalue weighted by Gasteiger charge is 2.16. The van der Waals surface area contributed by atoms with Crippen LogP contribution in [0.1, 0.15) is 65.6 Å². The van der Waals surface area contributed by atoms with Gasteiger partial charge in [-0.3, -0.25) is 20.4 Å². The Kier molecular flexibility index (Phi) is 7.90. The third-order valence-corrected chi connectivity index (χ3v) is 5.84. The second-order valence-corrected chi connectivity index (χ2v) is 7.69. The lowest BCUT2D eigenvalue weighted by Gasteiger charge is -2.22. The van der Waals surface area contributed by atoms with E-state index in [9.17, 15) is 14.4 Å². The molecule has 0 atom stereocenters. The smallest absolute Gasteiger partial charge is 0.315 e. The molecule has 0 aromatic carbocycles. The Morgan fingerprint density at radius 3 is 2.54 bits per heavy atom. The Balaban J connectivity index is 1.62. The van der Waals surface area contributed by atoms with E-state index in [1.807, 2.05) is 19.9 Å². The molecule has 1 aromatic heterocycles. The molecule has 4 N–H and O–H groups in total. The maximum absolute atomic E-state index is 12.0. The number of hydrogen-bond donors (Lipinski definition) is 4. The zero-order valence-corrected chi connectivity index (χ0v) is 16.3. The van der Waals surface area contributed by atoms with Crippen LogP contribution in [0.15, 0.2) is 6.07 Å². The largest absolute Gasteiger partial charge is 0.338 e. The SMILES string of the molecule is CCc1sc(C(=O)NNC(=O)CCNC(=O)NC2CCCCC2)cc1C. The normalized spacial score (nSPS) is 14.5. The van der Waals surface area contributed by atoms with Gasteiger partial charge in [0.1, 0.15) is 0 Å². The van der Waals surface area contributed by atoms with Crippen LogP contribution in [0.5, 0.6) is 0 Å². The fourth-order valence-corrected chi connectivity index (χ4v) is 4.02. The molecule has 7 nitrogen and oxygen atoms in total. The fraction of sp³-hybridized carbons (Fsp3) is 0.611. The Hall–Kier alpha value is -2.09. The second kappa shape index (κ2) is 10.2. The van der Waals surface area contributed by atoms with Crippen molar-refractivity contribution in [3.63, 3.8) is 0 Å². The molecule has 1 fully saturated rings. The van der Waals surface area contributed by atoms with Crippen molar-refractivity contribution >= 4 is 29.2 Å². The lowest BCUT2D eigenvalue weighted by Crippen LogP contribution is -2.45. The van der Waals surface area contributed by atoms with Crippen LogP contribution in [-0.2, 0) is 11.2 Å². The third kappa shape index (κ3) is 6.33. The molecule has 26 heavy (non-hydrogen) atoms. The van der Waals surface area contributed by atoms with Gasteiger partial charge in [0.25, 0.3) is 5.91 Å². The Morgan fingerprint density at radius 2 is 1.88 bits per heavy atom. The molecule has 0 saturated heterocycles. The summed E-state index contributed by atoms with van der Waals surface area (Å²) in [5.41, 5.74) is 5.88. The van der Waals surface area contributed by atoms with Crippen LogP contribution in [-0.4, -0.2) is 30.4 Å². The highest BCUT2D eigenvalue weighted by molar-refractivity contribution is 7.14. The van der Waals surface area contributed by atoms with E-state index in [0.717, 1.165) is 42.5 Å². The van der Waals surface area contributed by atoms with Crippen molar-refractivity contribution in [1.29, 1.82) is 0 Å². The van der Waals surface area contributed by atoms with E-state index in [2.05, 4.69) is 21.5 Å². The summed E-state index contributed by atoms with van der Waals surface area (Å²) in [7, 11) is 0. The number of hydrazine groups is 1. The first-order chi connectivity index (χ1) is 12.5. The van der Waals surface area contributed by atoms with E-state index in [1.54, 1.807) is 0 Å². The van der Waals surface area contributed by atoms with Gasteiger partial charge in [0.2, 0.25) is 5.91 Å². The van der Waals surface area contributed by atoms with Crippen LogP contribution in [0, 0.1) is 6.92 Å². The molecule has 0 bridgehead atoms. The van der Waals surface area contributed by atoms with Gasteiger partial charge in [-0.15, -0.1) is 11.3 Å². The Morgan fingerprint density at radius 1 is 1.15 bits per heavy atom. The molecule has 0 spiro atoms. The van der Waals surface area contributed by atoms with Crippen molar-refractivity contribution in [2.75, 3.05) is 6.54 Å². The summed E-state index contributed by atoms with van der Waals surface area (Å²) in [5, 5.41) is 5.60. The standard InChI is InChI=1S/C18H28N4O3S/c1-3-14-12(2)11-15(26-14)17(24)22-21-16(23)9-10-19-18(25)20-13-7-5-4-6-8-13/h11,13H,3-10H2,1-2H3,(H,21,23)(H,22,24)(H2,19,20,25). The molecule has 0 unspecified atom stereocenters. The molecule has 1 heterocycles. The first kappa shape index (κ1) is 20.2. The van der Waals surface area contributed by atoms with Crippen LogP contribution < -0.4 is 21.5 Å². The Labute approximate surface area is 158 Å². The monoisotopic (exact) mass is 380 g/mol. The maximum Gasteiger partial charge on any atom is 0.315 e. The van der Waals surface area contributed by atoms with Crippen molar-refractivity contribution in [2.24, 2.45) is 0 Å². The Bertz CT molecular complexity index is 638. The van der Waals surface area contributed by atoms with Gasteiger partial charge in [-0.25, -0.2) is 4.79 Å². The van der Waals surface area contributed by atoms with E-state index in [1.165, 1.54) is 17.8 Å². The molecule has 144 valence electrons. The summed E-state index contributed by atoms with van der Waals surface area (Å²) in [4.78, 5) is 37.3. The van der Waals surface area contributed by atoms with Crippen molar-refractivity contribution in [1.82, 2.24) is 21.5 Å². The van der Waals surface area contributed by atoms with Crippen molar-refractivity contribution < 1.29 is 14.4 Å². The van der Waals surface area contributed by atoms with Gasteiger partial charge in [-0.2, -0.15) is 0 Å². The first-order valence-corrected chi connectivity index (χ1v) is 10.0. The molecular weight excluding hydrogens is 352 g/mol. The highest BCUT2D eigenvalue weighted by Crippen LogP contribution is 2.22. The van der Waals surface area contributed by atoms with Crippen molar-refractivity contribution in [3.8, 4) is 0 Å². The van der Waals surface area contributed by atoms with E-state index in [-0.39, 0.29) is 36.9 Å². The van der Waals surface area contributed by atoms with E-state index >= 15 is 0 Å². The van der Waals surface area contributed by atoms with Gasteiger partial charge in [0.15, 0.2) is 0 Å². The molecule has 0 radical (unpaired) electrons. The lowest BCUT2D eigenvalue weighted by molar-refractivity contribution is -0.121. The van der Waals surface area contributed by atoms with Crippen LogP contribution in [0.2, 0.25) is 0 Å². The number of nitrogens with one attached hydrogen (secondary N) is 4. The lowest BCUT2D eigenvalue weighted by atomic mass is 9.96. The molecule has 1 aliphatic rings. The van der Waals surface area contributed by atoms with Crippen LogP contribution in [0.3, 0.4) is 0 Å². The van der Waals surface area contributed by atoms with Crippen molar-refractivity contribution in [3.05, 3.63) is 21.4 Å². The quantitative estimate of drug-likeness (QED) is 0.570. The van der Waals surface area contributed by atoms with Crippen molar-refractivity contribution in [2.45, 2.75) is 64.8 Å². The molecule has 0 aliphatic heterocycles. The van der Waals surface area contributed by atoms with Crippen LogP contribution in [0.4, 0.5) is 4.79 Å². The summed E-state index contributed by atoms with van der Waals surface area (Å²) in [6.07, 6.45) is 6.54. The van der Waals surface area contributed by atoms with E-state index in [0.29, 0.717) is 4.88 Å². The molecule has 1 saturated carbocycles. The minimum absolute atomic E-state index is 0.0993. The number of rotatable bonds is 6. The molecular formula is C18H28N4O3S. The van der Waals surface area contributed by atoms with Gasteiger partial charge in [-0.1, -0.05) is 26.2 Å². The number of hydrogen-bond acceptors (Lipinski definition) is 4. The summed E-state index contributed by atoms with van der Waals surface area (Å²) < 4.78 is 0. The highest BCUT2D eigenvalue weighted by atomic mass is 32.1. The number of thiophene rings is 1. The molecule has 4 amide bonds. The van der Waals surface area contributed by atoms with Crippen LogP contribution >= 0.6 is 11.3 Å². The molecule has 8 heteroatoms. The molecule has 1 aromatic rings. The van der Waals surface area contributed by atoms with E-state index < -0.39 is 0 Å². The topological polar surface area (TPSA) is 99.3 Å². The van der Waals surface area contributed by atoms with Gasteiger partial charge in [0, 0.05) is 23.9 Å². The molecule has 2 rings (SSSR count). The summed E-state index contributed by atoms with van der Waals surface area (Å²) in [6.45, 7) is 4.23. The maximum atomic E-state index is 12.0. The summed E-state index contributed by atoms with van der Waals surface area (Å²) >= 11 is 1.43. The fourth-order valence-electron chi connectivity index (χ4n) is 3.01. The summed E-state index contributed by atoms with van der Waals surface area (Å²) in [5.74, 6) is -0.672. The van der Waals surface area contributed by atoms with Gasteiger partial charge in [-0.05, 0) is 37.8 Å². The van der Waals surface area contributed by atoms with E-state index in [4.69, 9.17) is 0 Å². The number of carbonyl (C=O) groups excluding carboxylic acids is 3.